The zero-order valence-electron chi connectivity index (χ0n) is 13.9. The summed E-state index contributed by atoms with van der Waals surface area (Å²) in [4.78, 5) is 11.7. The van der Waals surface area contributed by atoms with Crippen LogP contribution < -0.4 is 0 Å². The van der Waals surface area contributed by atoms with Crippen molar-refractivity contribution in [2.75, 3.05) is 6.79 Å². The van der Waals surface area contributed by atoms with Gasteiger partial charge in [0, 0.05) is 6.42 Å². The first kappa shape index (κ1) is 17.5. The van der Waals surface area contributed by atoms with Gasteiger partial charge in [-0.15, -0.1) is 0 Å². The summed E-state index contributed by atoms with van der Waals surface area (Å²) in [6.07, 6.45) is 6.66. The summed E-state index contributed by atoms with van der Waals surface area (Å²) in [5.41, 5.74) is -0.257. The summed E-state index contributed by atoms with van der Waals surface area (Å²) in [6, 6.07) is 0. The molecule has 0 radical (unpaired) electrons. The second-order valence-corrected chi connectivity index (χ2v) is 7.10. The quantitative estimate of drug-likeness (QED) is 0.508. The Morgan fingerprint density at radius 1 is 1.10 bits per heavy atom. The Hall–Kier alpha value is -0.570. The van der Waals surface area contributed by atoms with Gasteiger partial charge in [0.1, 0.15) is 0 Å². The molecule has 118 valence electrons. The third kappa shape index (κ3) is 6.25. The van der Waals surface area contributed by atoms with Gasteiger partial charge in [-0.1, -0.05) is 26.7 Å². The monoisotopic (exact) mass is 284 g/mol. The summed E-state index contributed by atoms with van der Waals surface area (Å²) in [7, 11) is 0. The van der Waals surface area contributed by atoms with Gasteiger partial charge in [0.15, 0.2) is 6.79 Å². The average molecular weight is 284 g/mol. The van der Waals surface area contributed by atoms with Gasteiger partial charge in [-0.25, -0.2) is 0 Å². The molecular formula is C17H32O3. The van der Waals surface area contributed by atoms with Crippen LogP contribution in [0.2, 0.25) is 0 Å². The molecule has 1 aliphatic rings. The largest absolute Gasteiger partial charge is 0.438 e. The lowest BCUT2D eigenvalue weighted by molar-refractivity contribution is -0.167. The Balaban J connectivity index is 2.23. The maximum Gasteiger partial charge on any atom is 0.307 e. The van der Waals surface area contributed by atoms with Crippen molar-refractivity contribution in [2.24, 2.45) is 17.8 Å². The van der Waals surface area contributed by atoms with Crippen LogP contribution in [0.25, 0.3) is 0 Å². The highest BCUT2D eigenvalue weighted by molar-refractivity contribution is 5.69. The van der Waals surface area contributed by atoms with Gasteiger partial charge in [-0.3, -0.25) is 4.79 Å². The maximum absolute atomic E-state index is 11.7. The van der Waals surface area contributed by atoms with Crippen LogP contribution in [0, 0.1) is 17.8 Å². The van der Waals surface area contributed by atoms with E-state index in [1.54, 1.807) is 0 Å². The molecule has 3 nitrogen and oxygen atoms in total. The minimum Gasteiger partial charge on any atom is -0.438 e. The number of rotatable bonds is 7. The molecule has 0 amide bonds. The van der Waals surface area contributed by atoms with Crippen LogP contribution in [-0.2, 0) is 14.3 Å². The lowest BCUT2D eigenvalue weighted by Crippen LogP contribution is -2.22. The first-order chi connectivity index (χ1) is 9.35. The van der Waals surface area contributed by atoms with E-state index in [0.717, 1.165) is 18.3 Å². The normalized spacial score (nSPS) is 26.8. The van der Waals surface area contributed by atoms with Crippen LogP contribution in [-0.4, -0.2) is 18.4 Å². The lowest BCUT2D eigenvalue weighted by Gasteiger charge is -2.20. The van der Waals surface area contributed by atoms with E-state index in [1.165, 1.54) is 25.7 Å². The number of hydrogen-bond donors (Lipinski definition) is 0. The molecule has 0 aliphatic heterocycles. The van der Waals surface area contributed by atoms with Crippen molar-refractivity contribution in [2.45, 2.75) is 78.7 Å². The summed E-state index contributed by atoms with van der Waals surface area (Å²) in [5.74, 6) is 2.26. The zero-order chi connectivity index (χ0) is 15.2. The first-order valence-electron chi connectivity index (χ1n) is 8.15. The lowest BCUT2D eigenvalue weighted by atomic mass is 9.90. The SMILES string of the molecule is CCC1CC(CC)C(CCC(=O)OCOC(C)(C)C)C1. The van der Waals surface area contributed by atoms with Crippen molar-refractivity contribution >= 4 is 5.97 Å². The minimum absolute atomic E-state index is 0.0712. The van der Waals surface area contributed by atoms with E-state index in [-0.39, 0.29) is 18.4 Å². The number of carbonyl (C=O) groups excluding carboxylic acids is 1. The number of hydrogen-bond acceptors (Lipinski definition) is 3. The van der Waals surface area contributed by atoms with E-state index in [2.05, 4.69) is 13.8 Å². The fraction of sp³-hybridized carbons (Fsp3) is 0.941. The second-order valence-electron chi connectivity index (χ2n) is 7.10. The molecule has 0 aromatic rings. The van der Waals surface area contributed by atoms with Crippen LogP contribution in [0.3, 0.4) is 0 Å². The standard InChI is InChI=1S/C17H32O3/c1-6-13-10-14(7-2)15(11-13)8-9-16(18)19-12-20-17(3,4)5/h13-15H,6-12H2,1-5H3. The molecule has 0 bridgehead atoms. The van der Waals surface area contributed by atoms with Gasteiger partial charge >= 0.3 is 5.97 Å². The summed E-state index contributed by atoms with van der Waals surface area (Å²) in [5, 5.41) is 0. The first-order valence-corrected chi connectivity index (χ1v) is 8.15. The average Bonchev–Trinajstić information content (AvgIpc) is 2.77. The van der Waals surface area contributed by atoms with Gasteiger partial charge in [-0.05, 0) is 57.8 Å². The second kappa shape index (κ2) is 8.02. The van der Waals surface area contributed by atoms with Gasteiger partial charge in [0.25, 0.3) is 0 Å². The molecule has 3 atom stereocenters. The Morgan fingerprint density at radius 2 is 1.75 bits per heavy atom. The number of carbonyl (C=O) groups is 1. The van der Waals surface area contributed by atoms with E-state index in [1.807, 2.05) is 20.8 Å². The Labute approximate surface area is 124 Å². The van der Waals surface area contributed by atoms with Crippen molar-refractivity contribution < 1.29 is 14.3 Å². The zero-order valence-corrected chi connectivity index (χ0v) is 13.9. The van der Waals surface area contributed by atoms with Crippen molar-refractivity contribution in [1.29, 1.82) is 0 Å². The van der Waals surface area contributed by atoms with Gasteiger partial charge in [0.05, 0.1) is 5.60 Å². The van der Waals surface area contributed by atoms with Crippen LogP contribution >= 0.6 is 0 Å². The van der Waals surface area contributed by atoms with E-state index in [0.29, 0.717) is 12.3 Å². The van der Waals surface area contributed by atoms with Gasteiger partial charge < -0.3 is 9.47 Å². The predicted octanol–water partition coefficient (Wildman–Crippen LogP) is 4.54. The Morgan fingerprint density at radius 3 is 2.30 bits per heavy atom. The topological polar surface area (TPSA) is 35.5 Å². The molecule has 3 unspecified atom stereocenters. The third-order valence-corrected chi connectivity index (χ3v) is 4.47. The molecule has 1 rings (SSSR count). The summed E-state index contributed by atoms with van der Waals surface area (Å²) in [6.45, 7) is 10.5. The molecule has 0 aromatic carbocycles. The Bertz CT molecular complexity index is 293. The van der Waals surface area contributed by atoms with E-state index >= 15 is 0 Å². The van der Waals surface area contributed by atoms with Gasteiger partial charge in [0.2, 0.25) is 0 Å². The van der Waals surface area contributed by atoms with E-state index in [9.17, 15) is 4.79 Å². The van der Waals surface area contributed by atoms with Crippen molar-refractivity contribution in [1.82, 2.24) is 0 Å². The minimum atomic E-state index is -0.257. The van der Waals surface area contributed by atoms with Crippen LogP contribution in [0.5, 0.6) is 0 Å². The maximum atomic E-state index is 11.7. The number of esters is 1. The van der Waals surface area contributed by atoms with E-state index in [4.69, 9.17) is 9.47 Å². The highest BCUT2D eigenvalue weighted by Crippen LogP contribution is 2.42. The van der Waals surface area contributed by atoms with Crippen molar-refractivity contribution in [3.63, 3.8) is 0 Å². The molecule has 0 heterocycles. The van der Waals surface area contributed by atoms with E-state index < -0.39 is 0 Å². The van der Waals surface area contributed by atoms with Gasteiger partial charge in [-0.2, -0.15) is 0 Å². The molecule has 1 aliphatic carbocycles. The highest BCUT2D eigenvalue weighted by atomic mass is 16.7. The molecule has 0 N–H and O–H groups in total. The molecule has 1 saturated carbocycles. The predicted molar refractivity (Wildman–Crippen MR) is 81.3 cm³/mol. The molecular weight excluding hydrogens is 252 g/mol. The summed E-state index contributed by atoms with van der Waals surface area (Å²) < 4.78 is 10.5. The van der Waals surface area contributed by atoms with Crippen LogP contribution in [0.4, 0.5) is 0 Å². The fourth-order valence-corrected chi connectivity index (χ4v) is 3.17. The molecule has 20 heavy (non-hydrogen) atoms. The van der Waals surface area contributed by atoms with Crippen LogP contribution in [0.1, 0.15) is 73.1 Å². The Kier molecular flexibility index (Phi) is 7.01. The summed E-state index contributed by atoms with van der Waals surface area (Å²) >= 11 is 0. The molecule has 1 fully saturated rings. The highest BCUT2D eigenvalue weighted by Gasteiger charge is 2.32. The molecule has 0 aromatic heterocycles. The fourth-order valence-electron chi connectivity index (χ4n) is 3.17. The molecule has 0 saturated heterocycles. The molecule has 3 heteroatoms. The number of ether oxygens (including phenoxy) is 2. The van der Waals surface area contributed by atoms with Crippen molar-refractivity contribution in [3.8, 4) is 0 Å². The smallest absolute Gasteiger partial charge is 0.307 e. The van der Waals surface area contributed by atoms with Crippen LogP contribution in [0.15, 0.2) is 0 Å². The third-order valence-electron chi connectivity index (χ3n) is 4.47. The molecule has 0 spiro atoms. The van der Waals surface area contributed by atoms with Crippen molar-refractivity contribution in [3.05, 3.63) is 0 Å².